The summed E-state index contributed by atoms with van der Waals surface area (Å²) in [6, 6.07) is 11.2. The first-order valence-corrected chi connectivity index (χ1v) is 19.9. The Morgan fingerprint density at radius 1 is 0.442 bits per heavy atom. The van der Waals surface area contributed by atoms with Crippen LogP contribution in [0.15, 0.2) is 30.3 Å². The molecule has 1 nitrogen and oxygen atoms in total. The highest BCUT2D eigenvalue weighted by atomic mass is 15.1. The molecule has 0 amide bonds. The Balaban J connectivity index is 2.19. The first kappa shape index (κ1) is 40.2. The van der Waals surface area contributed by atoms with E-state index < -0.39 is 0 Å². The lowest BCUT2D eigenvalue weighted by molar-refractivity contribution is 0.199. The minimum atomic E-state index is 0.817. The molecule has 0 saturated carbocycles. The van der Waals surface area contributed by atoms with E-state index in [4.69, 9.17) is 0 Å². The summed E-state index contributed by atoms with van der Waals surface area (Å²) in [6.45, 7) is 13.4. The molecule has 0 spiro atoms. The van der Waals surface area contributed by atoms with Crippen molar-refractivity contribution in [3.8, 4) is 0 Å². The largest absolute Gasteiger partial charge is 0.302 e. The highest BCUT2D eigenvalue weighted by Crippen LogP contribution is 2.19. The zero-order valence-corrected chi connectivity index (χ0v) is 30.2. The first-order valence-electron chi connectivity index (χ1n) is 19.9. The third kappa shape index (κ3) is 27.2. The fourth-order valence-corrected chi connectivity index (χ4v) is 6.92. The lowest BCUT2D eigenvalue weighted by Crippen LogP contribution is -2.34. The molecule has 1 aromatic carbocycles. The van der Waals surface area contributed by atoms with E-state index in [1.807, 2.05) is 0 Å². The maximum atomic E-state index is 2.82. The summed E-state index contributed by atoms with van der Waals surface area (Å²) in [4.78, 5) is 2.82. The molecule has 0 saturated heterocycles. The van der Waals surface area contributed by atoms with Crippen molar-refractivity contribution in [3.05, 3.63) is 35.9 Å². The second kappa shape index (κ2) is 31.2. The van der Waals surface area contributed by atoms with Crippen molar-refractivity contribution in [2.45, 2.75) is 201 Å². The Labute approximate surface area is 272 Å². The molecule has 0 bridgehead atoms. The van der Waals surface area contributed by atoms with Gasteiger partial charge in [-0.25, -0.2) is 0 Å². The van der Waals surface area contributed by atoms with Crippen LogP contribution in [0.3, 0.4) is 0 Å². The molecule has 0 aliphatic heterocycles. The standard InChI is InChI=1S/C42H79N/c1-5-7-9-11-13-15-17-19-21-23-25-28-32-40(3)38-43(37-36-42-34-30-27-31-35-42)39-41(4)33-29-26-24-22-20-18-16-14-12-10-8-6-2/h27,30-31,34-35,40-41H,5-26,28-29,32-33,36-39H2,1-4H3. The Morgan fingerprint density at radius 3 is 1.12 bits per heavy atom. The maximum Gasteiger partial charge on any atom is 0.00220 e. The van der Waals surface area contributed by atoms with E-state index in [-0.39, 0.29) is 0 Å². The second-order valence-electron chi connectivity index (χ2n) is 14.6. The first-order chi connectivity index (χ1) is 21.2. The molecule has 43 heavy (non-hydrogen) atoms. The van der Waals surface area contributed by atoms with Gasteiger partial charge in [0.2, 0.25) is 0 Å². The third-order valence-electron chi connectivity index (χ3n) is 9.80. The van der Waals surface area contributed by atoms with Crippen molar-refractivity contribution >= 4 is 0 Å². The van der Waals surface area contributed by atoms with E-state index >= 15 is 0 Å². The lowest BCUT2D eigenvalue weighted by atomic mass is 9.98. The summed E-state index contributed by atoms with van der Waals surface area (Å²) in [5.41, 5.74) is 1.50. The number of rotatable bonds is 33. The smallest absolute Gasteiger partial charge is 0.00220 e. The summed E-state index contributed by atoms with van der Waals surface area (Å²) >= 11 is 0. The van der Waals surface area contributed by atoms with Crippen LogP contribution >= 0.6 is 0 Å². The fraction of sp³-hybridized carbons (Fsp3) is 0.857. The third-order valence-corrected chi connectivity index (χ3v) is 9.80. The molecule has 2 unspecified atom stereocenters. The normalized spacial score (nSPS) is 13.1. The molecule has 0 aromatic heterocycles. The summed E-state index contributed by atoms with van der Waals surface area (Å²) < 4.78 is 0. The van der Waals surface area contributed by atoms with Gasteiger partial charge in [0, 0.05) is 19.6 Å². The van der Waals surface area contributed by atoms with E-state index in [0.717, 1.165) is 11.8 Å². The van der Waals surface area contributed by atoms with Crippen LogP contribution in [0.2, 0.25) is 0 Å². The number of nitrogens with zero attached hydrogens (tertiary/aromatic N) is 1. The summed E-state index contributed by atoms with van der Waals surface area (Å²) in [5.74, 6) is 1.63. The van der Waals surface area contributed by atoms with Crippen molar-refractivity contribution in [3.63, 3.8) is 0 Å². The van der Waals surface area contributed by atoms with Crippen molar-refractivity contribution in [2.75, 3.05) is 19.6 Å². The van der Waals surface area contributed by atoms with Crippen molar-refractivity contribution in [2.24, 2.45) is 11.8 Å². The number of hydrogen-bond acceptors (Lipinski definition) is 1. The molecule has 1 rings (SSSR count). The van der Waals surface area contributed by atoms with Gasteiger partial charge in [0.05, 0.1) is 0 Å². The van der Waals surface area contributed by atoms with Gasteiger partial charge in [0.25, 0.3) is 0 Å². The van der Waals surface area contributed by atoms with Crippen LogP contribution in [-0.4, -0.2) is 24.5 Å². The molecule has 0 fully saturated rings. The van der Waals surface area contributed by atoms with Gasteiger partial charge in [-0.2, -0.15) is 0 Å². The monoisotopic (exact) mass is 598 g/mol. The Hall–Kier alpha value is -0.820. The lowest BCUT2D eigenvalue weighted by Gasteiger charge is -2.29. The molecule has 2 atom stereocenters. The fourth-order valence-electron chi connectivity index (χ4n) is 6.92. The SMILES string of the molecule is CCCCCCCCCCCCCCC(C)CN(CCc1ccccc1)CC(C)CCCCCCCCCCCCCC. The maximum absolute atomic E-state index is 2.82. The van der Waals surface area contributed by atoms with Gasteiger partial charge in [-0.15, -0.1) is 0 Å². The van der Waals surface area contributed by atoms with Gasteiger partial charge >= 0.3 is 0 Å². The van der Waals surface area contributed by atoms with Gasteiger partial charge in [-0.3, -0.25) is 0 Å². The van der Waals surface area contributed by atoms with E-state index in [0.29, 0.717) is 0 Å². The van der Waals surface area contributed by atoms with E-state index in [2.05, 4.69) is 62.9 Å². The van der Waals surface area contributed by atoms with Crippen LogP contribution < -0.4 is 0 Å². The molecule has 252 valence electrons. The molecule has 0 heterocycles. The van der Waals surface area contributed by atoms with Gasteiger partial charge in [-0.05, 0) is 36.7 Å². The number of benzene rings is 1. The highest BCUT2D eigenvalue weighted by molar-refractivity contribution is 5.14. The molecular formula is C42H79N. The van der Waals surface area contributed by atoms with E-state index in [1.54, 1.807) is 0 Å². The second-order valence-corrected chi connectivity index (χ2v) is 14.6. The summed E-state index contributed by atoms with van der Waals surface area (Å²) in [6.07, 6.45) is 38.8. The number of unbranched alkanes of at least 4 members (excludes halogenated alkanes) is 22. The van der Waals surface area contributed by atoms with E-state index in [1.165, 1.54) is 199 Å². The van der Waals surface area contributed by atoms with Crippen LogP contribution in [0.1, 0.15) is 200 Å². The molecule has 0 aliphatic carbocycles. The van der Waals surface area contributed by atoms with Crippen LogP contribution in [0.25, 0.3) is 0 Å². The minimum absolute atomic E-state index is 0.817. The average molecular weight is 598 g/mol. The Kier molecular flexibility index (Phi) is 29.1. The average Bonchev–Trinajstić information content (AvgIpc) is 3.01. The molecule has 0 aliphatic rings. The molecular weight excluding hydrogens is 518 g/mol. The van der Waals surface area contributed by atoms with E-state index in [9.17, 15) is 0 Å². The molecule has 1 heteroatoms. The van der Waals surface area contributed by atoms with Crippen molar-refractivity contribution in [1.29, 1.82) is 0 Å². The van der Waals surface area contributed by atoms with Crippen LogP contribution in [0.4, 0.5) is 0 Å². The summed E-state index contributed by atoms with van der Waals surface area (Å²) in [5, 5.41) is 0. The van der Waals surface area contributed by atoms with Crippen LogP contribution in [-0.2, 0) is 6.42 Å². The molecule has 1 aromatic rings. The highest BCUT2D eigenvalue weighted by Gasteiger charge is 2.14. The Morgan fingerprint density at radius 2 is 0.767 bits per heavy atom. The predicted molar refractivity (Wildman–Crippen MR) is 196 cm³/mol. The predicted octanol–water partition coefficient (Wildman–Crippen LogP) is 14.0. The van der Waals surface area contributed by atoms with Gasteiger partial charge < -0.3 is 4.90 Å². The Bertz CT molecular complexity index is 618. The minimum Gasteiger partial charge on any atom is -0.302 e. The van der Waals surface area contributed by atoms with Gasteiger partial charge in [0.15, 0.2) is 0 Å². The van der Waals surface area contributed by atoms with Crippen molar-refractivity contribution in [1.82, 2.24) is 4.90 Å². The van der Waals surface area contributed by atoms with Crippen molar-refractivity contribution < 1.29 is 0 Å². The number of hydrogen-bond donors (Lipinski definition) is 0. The van der Waals surface area contributed by atoms with Gasteiger partial charge in [0.1, 0.15) is 0 Å². The molecule has 0 radical (unpaired) electrons. The van der Waals surface area contributed by atoms with Gasteiger partial charge in [-0.1, -0.05) is 212 Å². The van der Waals surface area contributed by atoms with Crippen LogP contribution in [0.5, 0.6) is 0 Å². The zero-order chi connectivity index (χ0) is 31.1. The van der Waals surface area contributed by atoms with Crippen LogP contribution in [0, 0.1) is 11.8 Å². The quantitative estimate of drug-likeness (QED) is 0.0728. The zero-order valence-electron chi connectivity index (χ0n) is 30.2. The molecule has 0 N–H and O–H groups in total. The summed E-state index contributed by atoms with van der Waals surface area (Å²) in [7, 11) is 0. The topological polar surface area (TPSA) is 3.24 Å².